The molecule has 2 rings (SSSR count). The van der Waals surface area contributed by atoms with Crippen molar-refractivity contribution in [3.63, 3.8) is 0 Å². The summed E-state index contributed by atoms with van der Waals surface area (Å²) in [5, 5.41) is 8.19. The van der Waals surface area contributed by atoms with E-state index in [1.54, 1.807) is 0 Å². The molecule has 108 valence electrons. The van der Waals surface area contributed by atoms with Crippen molar-refractivity contribution in [1.29, 1.82) is 0 Å². The summed E-state index contributed by atoms with van der Waals surface area (Å²) < 4.78 is 3.27. The number of nitrogens with zero attached hydrogens (tertiary/aromatic N) is 3. The molecule has 1 aliphatic carbocycles. The number of rotatable bonds is 7. The zero-order valence-corrected chi connectivity index (χ0v) is 13.9. The van der Waals surface area contributed by atoms with E-state index >= 15 is 0 Å². The molecule has 1 saturated carbocycles. The van der Waals surface area contributed by atoms with E-state index in [9.17, 15) is 0 Å². The van der Waals surface area contributed by atoms with Gasteiger partial charge in [0.05, 0.1) is 22.9 Å². The topological polar surface area (TPSA) is 33.1 Å². The lowest BCUT2D eigenvalue weighted by atomic mass is 9.99. The Kier molecular flexibility index (Phi) is 5.03. The molecular weight excluding hydrogens is 304 g/mol. The van der Waals surface area contributed by atoms with Gasteiger partial charge >= 0.3 is 0 Å². The largest absolute Gasteiger partial charge is 0.311 e. The first kappa shape index (κ1) is 15.0. The lowest BCUT2D eigenvalue weighted by molar-refractivity contribution is 0.361. The van der Waals surface area contributed by atoms with Gasteiger partial charge in [-0.05, 0) is 49.8 Å². The molecule has 4 nitrogen and oxygen atoms in total. The summed E-state index contributed by atoms with van der Waals surface area (Å²) in [6, 6.07) is 1.23. The average molecular weight is 329 g/mol. The smallest absolute Gasteiger partial charge is 0.0635 e. The maximum Gasteiger partial charge on any atom is 0.0635 e. The van der Waals surface area contributed by atoms with Crippen LogP contribution < -0.4 is 5.32 Å². The van der Waals surface area contributed by atoms with Crippen molar-refractivity contribution in [2.24, 2.45) is 0 Å². The third-order valence-corrected chi connectivity index (χ3v) is 4.46. The quantitative estimate of drug-likeness (QED) is 0.834. The molecule has 1 aromatic heterocycles. The number of nitrogens with one attached hydrogen (secondary N) is 1. The predicted molar refractivity (Wildman–Crippen MR) is 82.5 cm³/mol. The molecule has 0 amide bonds. The summed E-state index contributed by atoms with van der Waals surface area (Å²) in [5.74, 6) is 0.458. The number of halogens is 1. The summed E-state index contributed by atoms with van der Waals surface area (Å²) >= 11 is 3.65. The summed E-state index contributed by atoms with van der Waals surface area (Å²) in [6.45, 7) is 6.51. The van der Waals surface area contributed by atoms with Crippen molar-refractivity contribution in [1.82, 2.24) is 20.0 Å². The van der Waals surface area contributed by atoms with E-state index in [0.717, 1.165) is 23.6 Å². The van der Waals surface area contributed by atoms with E-state index < -0.39 is 0 Å². The van der Waals surface area contributed by atoms with Gasteiger partial charge in [0, 0.05) is 24.5 Å². The van der Waals surface area contributed by atoms with Gasteiger partial charge in [-0.3, -0.25) is 4.68 Å². The molecule has 2 atom stereocenters. The van der Waals surface area contributed by atoms with Crippen molar-refractivity contribution >= 4 is 15.9 Å². The Morgan fingerprint density at radius 3 is 2.74 bits per heavy atom. The van der Waals surface area contributed by atoms with Gasteiger partial charge in [0.1, 0.15) is 0 Å². The van der Waals surface area contributed by atoms with E-state index in [4.69, 9.17) is 0 Å². The molecule has 5 heteroatoms. The number of hydrogen-bond donors (Lipinski definition) is 1. The molecule has 1 N–H and O–H groups in total. The minimum Gasteiger partial charge on any atom is -0.311 e. The Balaban J connectivity index is 2.05. The zero-order chi connectivity index (χ0) is 14.0. The van der Waals surface area contributed by atoms with Gasteiger partial charge in [-0.2, -0.15) is 5.10 Å². The van der Waals surface area contributed by atoms with Crippen LogP contribution in [0.2, 0.25) is 0 Å². The Morgan fingerprint density at radius 2 is 2.16 bits per heavy atom. The number of aromatic nitrogens is 2. The Hall–Kier alpha value is -0.390. The molecule has 19 heavy (non-hydrogen) atoms. The van der Waals surface area contributed by atoms with Crippen LogP contribution in [-0.2, 0) is 6.54 Å². The summed E-state index contributed by atoms with van der Waals surface area (Å²) in [4.78, 5) is 2.19. The molecule has 1 heterocycles. The van der Waals surface area contributed by atoms with Crippen LogP contribution in [0.1, 0.15) is 38.3 Å². The molecule has 1 aliphatic rings. The van der Waals surface area contributed by atoms with E-state index in [2.05, 4.69) is 63.9 Å². The second kappa shape index (κ2) is 6.37. The summed E-state index contributed by atoms with van der Waals surface area (Å²) in [5.41, 5.74) is 1.31. The van der Waals surface area contributed by atoms with Crippen LogP contribution in [0.5, 0.6) is 0 Å². The fraction of sp³-hybridized carbons (Fsp3) is 0.786. The molecule has 2 unspecified atom stereocenters. The first-order valence-corrected chi connectivity index (χ1v) is 7.90. The highest BCUT2D eigenvalue weighted by molar-refractivity contribution is 9.10. The van der Waals surface area contributed by atoms with Gasteiger partial charge in [0.2, 0.25) is 0 Å². The average Bonchev–Trinajstić information content (AvgIpc) is 3.08. The fourth-order valence-electron chi connectivity index (χ4n) is 2.30. The van der Waals surface area contributed by atoms with Crippen LogP contribution in [0.3, 0.4) is 0 Å². The van der Waals surface area contributed by atoms with Gasteiger partial charge in [-0.25, -0.2) is 0 Å². The number of likely N-dealkylation sites (N-methyl/N-ethyl adjacent to an activating group) is 1. The van der Waals surface area contributed by atoms with Crippen molar-refractivity contribution in [3.8, 4) is 0 Å². The maximum atomic E-state index is 4.50. The highest BCUT2D eigenvalue weighted by atomic mass is 79.9. The molecule has 0 spiro atoms. The molecule has 1 fully saturated rings. The van der Waals surface area contributed by atoms with Gasteiger partial charge < -0.3 is 10.2 Å². The van der Waals surface area contributed by atoms with Crippen LogP contribution in [0, 0.1) is 0 Å². The van der Waals surface area contributed by atoms with Crippen molar-refractivity contribution in [3.05, 3.63) is 16.4 Å². The molecular formula is C14H25BrN4. The lowest BCUT2D eigenvalue weighted by Crippen LogP contribution is -2.34. The van der Waals surface area contributed by atoms with E-state index in [0.29, 0.717) is 12.0 Å². The minimum atomic E-state index is 0.458. The van der Waals surface area contributed by atoms with Gasteiger partial charge in [-0.1, -0.05) is 6.92 Å². The van der Waals surface area contributed by atoms with Crippen molar-refractivity contribution in [2.75, 3.05) is 20.6 Å². The van der Waals surface area contributed by atoms with Crippen molar-refractivity contribution in [2.45, 2.75) is 51.2 Å². The molecule has 0 bridgehead atoms. The van der Waals surface area contributed by atoms with Crippen LogP contribution in [0.25, 0.3) is 0 Å². The maximum absolute atomic E-state index is 4.50. The van der Waals surface area contributed by atoms with Gasteiger partial charge in [0.25, 0.3) is 0 Å². The second-order valence-electron chi connectivity index (χ2n) is 5.92. The van der Waals surface area contributed by atoms with Crippen LogP contribution >= 0.6 is 15.9 Å². The summed E-state index contributed by atoms with van der Waals surface area (Å²) in [6.07, 6.45) is 4.58. The predicted octanol–water partition coefficient (Wildman–Crippen LogP) is 2.45. The molecule has 0 aliphatic heterocycles. The third kappa shape index (κ3) is 4.04. The zero-order valence-electron chi connectivity index (χ0n) is 12.4. The first-order chi connectivity index (χ1) is 8.99. The lowest BCUT2D eigenvalue weighted by Gasteiger charge is -2.23. The fourth-order valence-corrected chi connectivity index (χ4v) is 2.96. The Morgan fingerprint density at radius 1 is 1.47 bits per heavy atom. The summed E-state index contributed by atoms with van der Waals surface area (Å²) in [7, 11) is 4.19. The van der Waals surface area contributed by atoms with E-state index in [-0.39, 0.29) is 0 Å². The van der Waals surface area contributed by atoms with Gasteiger partial charge in [-0.15, -0.1) is 0 Å². The van der Waals surface area contributed by atoms with Crippen LogP contribution in [0.15, 0.2) is 10.7 Å². The molecule has 0 radical (unpaired) electrons. The number of hydrogen-bond acceptors (Lipinski definition) is 3. The monoisotopic (exact) mass is 328 g/mol. The molecule has 0 aromatic carbocycles. The minimum absolute atomic E-state index is 0.458. The highest BCUT2D eigenvalue weighted by Gasteiger charge is 2.27. The SMILES string of the molecule is CC(NC1CC1)C(C)c1c(Br)cnn1CCN(C)C. The van der Waals surface area contributed by atoms with E-state index in [1.165, 1.54) is 18.5 Å². The van der Waals surface area contributed by atoms with Crippen molar-refractivity contribution < 1.29 is 0 Å². The first-order valence-electron chi connectivity index (χ1n) is 7.11. The van der Waals surface area contributed by atoms with Crippen LogP contribution in [0.4, 0.5) is 0 Å². The third-order valence-electron chi connectivity index (χ3n) is 3.85. The standard InChI is InChI=1S/C14H25BrN4/c1-10(11(2)17-12-5-6-12)14-13(15)9-16-19(14)8-7-18(3)4/h9-12,17H,5-8H2,1-4H3. The molecule has 0 saturated heterocycles. The van der Waals surface area contributed by atoms with Gasteiger partial charge in [0.15, 0.2) is 0 Å². The Bertz CT molecular complexity index is 412. The molecule has 1 aromatic rings. The normalized spacial score (nSPS) is 18.8. The van der Waals surface area contributed by atoms with Crippen LogP contribution in [-0.4, -0.2) is 47.4 Å². The van der Waals surface area contributed by atoms with E-state index in [1.807, 2.05) is 6.20 Å². The second-order valence-corrected chi connectivity index (χ2v) is 6.78. The Labute approximate surface area is 124 Å². The highest BCUT2D eigenvalue weighted by Crippen LogP contribution is 2.29.